The minimum Gasteiger partial charge on any atom is -0.497 e. The van der Waals surface area contributed by atoms with Gasteiger partial charge < -0.3 is 14.8 Å². The van der Waals surface area contributed by atoms with Crippen LogP contribution in [0.15, 0.2) is 65.0 Å². The molecule has 0 radical (unpaired) electrons. The Balaban J connectivity index is 1.64. The van der Waals surface area contributed by atoms with Gasteiger partial charge in [-0.2, -0.15) is 0 Å². The molecule has 1 amide bonds. The fourth-order valence-corrected chi connectivity index (χ4v) is 4.29. The average molecular weight is 450 g/mol. The predicted octanol–water partition coefficient (Wildman–Crippen LogP) is 4.73. The minimum atomic E-state index is -0.741. The second-order valence-corrected chi connectivity index (χ2v) is 8.00. The Kier molecular flexibility index (Phi) is 6.23. The van der Waals surface area contributed by atoms with Crippen molar-refractivity contribution in [3.05, 3.63) is 70.6 Å². The number of benzene rings is 2. The molecule has 0 saturated carbocycles. The summed E-state index contributed by atoms with van der Waals surface area (Å²) in [5, 5.41) is 5.25. The highest BCUT2D eigenvalue weighted by atomic mass is 32.1. The van der Waals surface area contributed by atoms with Gasteiger partial charge in [0.15, 0.2) is 0 Å². The van der Waals surface area contributed by atoms with E-state index >= 15 is 0 Å². The van der Waals surface area contributed by atoms with Crippen molar-refractivity contribution >= 4 is 33.1 Å². The molecular formula is C24H23N3O4S. The van der Waals surface area contributed by atoms with E-state index in [9.17, 15) is 9.59 Å². The highest BCUT2D eigenvalue weighted by Crippen LogP contribution is 2.32. The van der Waals surface area contributed by atoms with Gasteiger partial charge in [-0.1, -0.05) is 12.1 Å². The van der Waals surface area contributed by atoms with E-state index in [1.54, 1.807) is 38.3 Å². The standard InChI is InChI=1S/C24H23N3O4S/c1-4-31-19-9-5-16(6-10-19)20-13-32-23-21(20)24(29)27(14-25-23)15(2)22(28)26-17-7-11-18(30-3)12-8-17/h5-15H,4H2,1-3H3,(H,26,28). The molecule has 2 heterocycles. The maximum atomic E-state index is 13.3. The number of hydrogen-bond acceptors (Lipinski definition) is 6. The zero-order valence-electron chi connectivity index (χ0n) is 18.0. The van der Waals surface area contributed by atoms with Crippen LogP contribution in [-0.2, 0) is 4.79 Å². The molecule has 164 valence electrons. The number of rotatable bonds is 7. The van der Waals surface area contributed by atoms with Crippen molar-refractivity contribution in [3.63, 3.8) is 0 Å². The summed E-state index contributed by atoms with van der Waals surface area (Å²) < 4.78 is 12.0. The first-order chi connectivity index (χ1) is 15.5. The number of fused-ring (bicyclic) bond motifs is 1. The van der Waals surface area contributed by atoms with Gasteiger partial charge >= 0.3 is 0 Å². The SMILES string of the molecule is CCOc1ccc(-c2csc3ncn(C(C)C(=O)Nc4ccc(OC)cc4)c(=O)c23)cc1. The number of nitrogens with zero attached hydrogens (tertiary/aromatic N) is 2. The van der Waals surface area contributed by atoms with Crippen molar-refractivity contribution in [2.45, 2.75) is 19.9 Å². The molecule has 0 aliphatic carbocycles. The second kappa shape index (κ2) is 9.23. The summed E-state index contributed by atoms with van der Waals surface area (Å²) in [5.41, 5.74) is 2.06. The Labute approximate surface area is 189 Å². The topological polar surface area (TPSA) is 82.5 Å². The van der Waals surface area contributed by atoms with Gasteiger partial charge in [0.1, 0.15) is 22.4 Å². The Hall–Kier alpha value is -3.65. The fraction of sp³-hybridized carbons (Fsp3) is 0.208. The number of ether oxygens (including phenoxy) is 2. The number of carbonyl (C=O) groups excluding carboxylic acids is 1. The average Bonchev–Trinajstić information content (AvgIpc) is 3.25. The monoisotopic (exact) mass is 449 g/mol. The molecule has 0 bridgehead atoms. The number of aromatic nitrogens is 2. The summed E-state index contributed by atoms with van der Waals surface area (Å²) in [6.07, 6.45) is 1.43. The lowest BCUT2D eigenvalue weighted by Gasteiger charge is -2.15. The molecule has 0 spiro atoms. The third-order valence-electron chi connectivity index (χ3n) is 5.15. The highest BCUT2D eigenvalue weighted by molar-refractivity contribution is 7.17. The van der Waals surface area contributed by atoms with Crippen molar-refractivity contribution in [1.29, 1.82) is 0 Å². The number of carbonyl (C=O) groups is 1. The van der Waals surface area contributed by atoms with Crippen molar-refractivity contribution in [3.8, 4) is 22.6 Å². The first-order valence-electron chi connectivity index (χ1n) is 10.2. The molecule has 0 saturated heterocycles. The molecule has 32 heavy (non-hydrogen) atoms. The van der Waals surface area contributed by atoms with Crippen molar-refractivity contribution in [2.75, 3.05) is 19.0 Å². The van der Waals surface area contributed by atoms with E-state index in [0.29, 0.717) is 28.3 Å². The zero-order valence-corrected chi connectivity index (χ0v) is 18.8. The van der Waals surface area contributed by atoms with Gasteiger partial charge in [-0.05, 0) is 55.8 Å². The maximum absolute atomic E-state index is 13.3. The number of hydrogen-bond donors (Lipinski definition) is 1. The van der Waals surface area contributed by atoms with Crippen LogP contribution in [0.5, 0.6) is 11.5 Å². The molecule has 2 aromatic carbocycles. The van der Waals surface area contributed by atoms with E-state index in [1.807, 2.05) is 36.6 Å². The lowest BCUT2D eigenvalue weighted by atomic mass is 10.1. The first kappa shape index (κ1) is 21.6. The third kappa shape index (κ3) is 4.22. The third-order valence-corrected chi connectivity index (χ3v) is 6.04. The number of amides is 1. The number of anilines is 1. The Morgan fingerprint density at radius 3 is 2.47 bits per heavy atom. The number of nitrogens with one attached hydrogen (secondary N) is 1. The first-order valence-corrected chi connectivity index (χ1v) is 11.1. The zero-order chi connectivity index (χ0) is 22.7. The van der Waals surface area contributed by atoms with Crippen LogP contribution in [0.25, 0.3) is 21.3 Å². The molecule has 4 rings (SSSR count). The predicted molar refractivity (Wildman–Crippen MR) is 127 cm³/mol. The maximum Gasteiger partial charge on any atom is 0.263 e. The van der Waals surface area contributed by atoms with Gasteiger partial charge in [0, 0.05) is 16.6 Å². The summed E-state index contributed by atoms with van der Waals surface area (Å²) in [6, 6.07) is 13.9. The van der Waals surface area contributed by atoms with Crippen LogP contribution in [0.4, 0.5) is 5.69 Å². The van der Waals surface area contributed by atoms with Crippen LogP contribution in [0.1, 0.15) is 19.9 Å². The van der Waals surface area contributed by atoms with E-state index < -0.39 is 6.04 Å². The van der Waals surface area contributed by atoms with E-state index in [4.69, 9.17) is 9.47 Å². The van der Waals surface area contributed by atoms with E-state index in [0.717, 1.165) is 16.9 Å². The summed E-state index contributed by atoms with van der Waals surface area (Å²) in [4.78, 5) is 31.2. The van der Waals surface area contributed by atoms with Crippen molar-refractivity contribution < 1.29 is 14.3 Å². The van der Waals surface area contributed by atoms with Gasteiger partial charge in [0.25, 0.3) is 5.56 Å². The molecule has 1 N–H and O–H groups in total. The van der Waals surface area contributed by atoms with Gasteiger partial charge in [0.2, 0.25) is 5.91 Å². The second-order valence-electron chi connectivity index (χ2n) is 7.14. The van der Waals surface area contributed by atoms with Crippen molar-refractivity contribution in [2.24, 2.45) is 0 Å². The molecule has 0 fully saturated rings. The Morgan fingerprint density at radius 1 is 1.12 bits per heavy atom. The van der Waals surface area contributed by atoms with Crippen LogP contribution in [-0.4, -0.2) is 29.2 Å². The largest absolute Gasteiger partial charge is 0.497 e. The van der Waals surface area contributed by atoms with Crippen LogP contribution in [0, 0.1) is 0 Å². The van der Waals surface area contributed by atoms with Gasteiger partial charge in [-0.25, -0.2) is 4.98 Å². The quantitative estimate of drug-likeness (QED) is 0.441. The fourth-order valence-electron chi connectivity index (χ4n) is 3.38. The van der Waals surface area contributed by atoms with E-state index in [2.05, 4.69) is 10.3 Å². The minimum absolute atomic E-state index is 0.252. The molecule has 0 aliphatic heterocycles. The Morgan fingerprint density at radius 2 is 1.81 bits per heavy atom. The van der Waals surface area contributed by atoms with Crippen LogP contribution in [0.2, 0.25) is 0 Å². The molecule has 8 heteroatoms. The lowest BCUT2D eigenvalue weighted by Crippen LogP contribution is -2.31. The smallest absolute Gasteiger partial charge is 0.263 e. The summed E-state index contributed by atoms with van der Waals surface area (Å²) in [6.45, 7) is 4.20. The molecular weight excluding hydrogens is 426 g/mol. The van der Waals surface area contributed by atoms with Crippen LogP contribution < -0.4 is 20.3 Å². The van der Waals surface area contributed by atoms with Gasteiger partial charge in [-0.15, -0.1) is 11.3 Å². The molecule has 2 aromatic heterocycles. The van der Waals surface area contributed by atoms with Gasteiger partial charge in [-0.3, -0.25) is 14.2 Å². The van der Waals surface area contributed by atoms with Crippen molar-refractivity contribution in [1.82, 2.24) is 9.55 Å². The number of methoxy groups -OCH3 is 1. The molecule has 7 nitrogen and oxygen atoms in total. The summed E-state index contributed by atoms with van der Waals surface area (Å²) >= 11 is 1.40. The molecule has 1 atom stereocenters. The van der Waals surface area contributed by atoms with Crippen LogP contribution in [0.3, 0.4) is 0 Å². The van der Waals surface area contributed by atoms with E-state index in [-0.39, 0.29) is 11.5 Å². The number of thiophene rings is 1. The van der Waals surface area contributed by atoms with E-state index in [1.165, 1.54) is 22.2 Å². The van der Waals surface area contributed by atoms with Crippen LogP contribution >= 0.6 is 11.3 Å². The summed E-state index contributed by atoms with van der Waals surface area (Å²) in [7, 11) is 1.58. The molecule has 1 unspecified atom stereocenters. The molecule has 0 aliphatic rings. The normalized spacial score (nSPS) is 11.8. The Bertz CT molecular complexity index is 1290. The highest BCUT2D eigenvalue weighted by Gasteiger charge is 2.20. The molecule has 4 aromatic rings. The lowest BCUT2D eigenvalue weighted by molar-refractivity contribution is -0.118. The van der Waals surface area contributed by atoms with Gasteiger partial charge in [0.05, 0.1) is 25.4 Å². The summed E-state index contributed by atoms with van der Waals surface area (Å²) in [5.74, 6) is 1.16.